The molecule has 0 spiro atoms. The van der Waals surface area contributed by atoms with Gasteiger partial charge in [-0.25, -0.2) is 0 Å². The monoisotopic (exact) mass is 387 g/mol. The van der Waals surface area contributed by atoms with Crippen molar-refractivity contribution in [3.8, 4) is 17.6 Å². The lowest BCUT2D eigenvalue weighted by molar-refractivity contribution is -0.385. The number of nitro benzene ring substituents is 1. The molecule has 0 unspecified atom stereocenters. The Bertz CT molecular complexity index is 966. The van der Waals surface area contributed by atoms with Crippen LogP contribution in [0.2, 0.25) is 5.02 Å². The van der Waals surface area contributed by atoms with Crippen LogP contribution in [-0.4, -0.2) is 25.1 Å². The molecule has 0 aliphatic rings. The summed E-state index contributed by atoms with van der Waals surface area (Å²) >= 11 is 5.86. The van der Waals surface area contributed by atoms with Crippen LogP contribution in [0.25, 0.3) is 6.08 Å². The van der Waals surface area contributed by atoms with Gasteiger partial charge in [-0.05, 0) is 30.3 Å². The Morgan fingerprint density at radius 2 is 1.93 bits per heavy atom. The number of halogens is 1. The molecule has 0 heterocycles. The zero-order valence-electron chi connectivity index (χ0n) is 14.4. The number of carbonyl (C=O) groups is 1. The molecule has 9 heteroatoms. The lowest BCUT2D eigenvalue weighted by atomic mass is 10.1. The SMILES string of the molecule is COc1cc(/C=C(/C#N)C(=O)Nc2cccc(Cl)c2)c([N+](=O)[O-])cc1OC. The van der Waals surface area contributed by atoms with Crippen LogP contribution < -0.4 is 14.8 Å². The third-order valence-electron chi connectivity index (χ3n) is 3.48. The number of hydrogen-bond donors (Lipinski definition) is 1. The first kappa shape index (κ1) is 19.8. The van der Waals surface area contributed by atoms with Crippen molar-refractivity contribution in [2.75, 3.05) is 19.5 Å². The van der Waals surface area contributed by atoms with E-state index in [2.05, 4.69) is 5.32 Å². The Morgan fingerprint density at radius 1 is 1.26 bits per heavy atom. The smallest absolute Gasteiger partial charge is 0.280 e. The minimum atomic E-state index is -0.733. The molecule has 0 bridgehead atoms. The molecule has 0 radical (unpaired) electrons. The third-order valence-corrected chi connectivity index (χ3v) is 3.71. The first-order chi connectivity index (χ1) is 12.9. The van der Waals surface area contributed by atoms with Crippen molar-refractivity contribution < 1.29 is 19.2 Å². The summed E-state index contributed by atoms with van der Waals surface area (Å²) < 4.78 is 10.2. The highest BCUT2D eigenvalue weighted by atomic mass is 35.5. The van der Waals surface area contributed by atoms with Crippen LogP contribution in [0, 0.1) is 21.4 Å². The molecule has 138 valence electrons. The standard InChI is InChI=1S/C18H14ClN3O5/c1-26-16-7-11(15(22(24)25)9-17(16)27-2)6-12(10-20)18(23)21-14-5-3-4-13(19)8-14/h3-9H,1-2H3,(H,21,23)/b12-6-. The molecule has 0 aliphatic carbocycles. The number of hydrogen-bond acceptors (Lipinski definition) is 6. The highest BCUT2D eigenvalue weighted by Gasteiger charge is 2.20. The predicted molar refractivity (Wildman–Crippen MR) is 99.9 cm³/mol. The van der Waals surface area contributed by atoms with Crippen LogP contribution in [0.1, 0.15) is 5.56 Å². The summed E-state index contributed by atoms with van der Waals surface area (Å²) in [5.74, 6) is -0.353. The summed E-state index contributed by atoms with van der Waals surface area (Å²) in [4.78, 5) is 23.0. The van der Waals surface area contributed by atoms with Crippen molar-refractivity contribution in [2.24, 2.45) is 0 Å². The predicted octanol–water partition coefficient (Wildman–Crippen LogP) is 3.81. The van der Waals surface area contributed by atoms with Crippen LogP contribution in [0.4, 0.5) is 11.4 Å². The zero-order chi connectivity index (χ0) is 20.0. The molecule has 2 aromatic carbocycles. The number of methoxy groups -OCH3 is 2. The number of nitrogens with one attached hydrogen (secondary N) is 1. The molecular weight excluding hydrogens is 374 g/mol. The fourth-order valence-electron chi connectivity index (χ4n) is 2.23. The van der Waals surface area contributed by atoms with Crippen LogP contribution in [0.3, 0.4) is 0 Å². The molecule has 2 rings (SSSR count). The largest absolute Gasteiger partial charge is 0.493 e. The number of nitro groups is 1. The summed E-state index contributed by atoms with van der Waals surface area (Å²) in [7, 11) is 2.71. The van der Waals surface area contributed by atoms with E-state index in [0.717, 1.165) is 12.1 Å². The Morgan fingerprint density at radius 3 is 2.48 bits per heavy atom. The van der Waals surface area contributed by atoms with Crippen molar-refractivity contribution in [3.05, 3.63) is 62.7 Å². The van der Waals surface area contributed by atoms with Gasteiger partial charge in [0.25, 0.3) is 11.6 Å². The molecule has 0 fully saturated rings. The van der Waals surface area contributed by atoms with Gasteiger partial charge >= 0.3 is 0 Å². The summed E-state index contributed by atoms with van der Waals surface area (Å²) in [6, 6.07) is 10.6. The second kappa shape index (κ2) is 8.69. The van der Waals surface area contributed by atoms with Crippen LogP contribution >= 0.6 is 11.6 Å². The average molecular weight is 388 g/mol. The number of nitriles is 1. The van der Waals surface area contributed by atoms with E-state index in [9.17, 15) is 20.2 Å². The summed E-state index contributed by atoms with van der Waals surface area (Å²) in [6.07, 6.45) is 1.11. The number of anilines is 1. The fraction of sp³-hybridized carbons (Fsp3) is 0.111. The first-order valence-corrected chi connectivity index (χ1v) is 7.86. The molecule has 0 aromatic heterocycles. The van der Waals surface area contributed by atoms with E-state index in [0.29, 0.717) is 10.7 Å². The maximum atomic E-state index is 12.3. The highest BCUT2D eigenvalue weighted by molar-refractivity contribution is 6.31. The molecule has 0 atom stereocenters. The van der Waals surface area contributed by atoms with E-state index in [1.807, 2.05) is 0 Å². The van der Waals surface area contributed by atoms with Gasteiger partial charge in [-0.1, -0.05) is 17.7 Å². The Balaban J connectivity index is 2.45. The highest BCUT2D eigenvalue weighted by Crippen LogP contribution is 2.35. The lowest BCUT2D eigenvalue weighted by Crippen LogP contribution is -2.13. The number of amides is 1. The maximum absolute atomic E-state index is 12.3. The molecule has 0 saturated heterocycles. The minimum absolute atomic E-state index is 0.0236. The molecular formula is C18H14ClN3O5. The van der Waals surface area contributed by atoms with E-state index in [1.54, 1.807) is 24.3 Å². The van der Waals surface area contributed by atoms with Gasteiger partial charge in [-0.2, -0.15) is 5.26 Å². The number of nitrogens with zero attached hydrogens (tertiary/aromatic N) is 2. The van der Waals surface area contributed by atoms with Crippen LogP contribution in [-0.2, 0) is 4.79 Å². The van der Waals surface area contributed by atoms with Gasteiger partial charge < -0.3 is 14.8 Å². The van der Waals surface area contributed by atoms with Gasteiger partial charge in [0.2, 0.25) is 0 Å². The van der Waals surface area contributed by atoms with Crippen LogP contribution in [0.15, 0.2) is 42.0 Å². The quantitative estimate of drug-likeness (QED) is 0.349. The summed E-state index contributed by atoms with van der Waals surface area (Å²) in [6.45, 7) is 0. The lowest BCUT2D eigenvalue weighted by Gasteiger charge is -2.09. The molecule has 8 nitrogen and oxygen atoms in total. The molecule has 27 heavy (non-hydrogen) atoms. The number of carbonyl (C=O) groups excluding carboxylic acids is 1. The van der Waals surface area contributed by atoms with Crippen molar-refractivity contribution in [3.63, 3.8) is 0 Å². The van der Waals surface area contributed by atoms with Gasteiger partial charge in [-0.3, -0.25) is 14.9 Å². The number of benzene rings is 2. The normalized spacial score (nSPS) is 10.7. The summed E-state index contributed by atoms with van der Waals surface area (Å²) in [5.41, 5.74) is -0.257. The van der Waals surface area contributed by atoms with Crippen LogP contribution in [0.5, 0.6) is 11.5 Å². The van der Waals surface area contributed by atoms with E-state index in [4.69, 9.17) is 21.1 Å². The fourth-order valence-corrected chi connectivity index (χ4v) is 2.42. The maximum Gasteiger partial charge on any atom is 0.280 e. The van der Waals surface area contributed by atoms with Gasteiger partial charge in [-0.15, -0.1) is 0 Å². The van der Waals surface area contributed by atoms with Gasteiger partial charge in [0.05, 0.1) is 30.8 Å². The van der Waals surface area contributed by atoms with Crippen molar-refractivity contribution in [1.82, 2.24) is 0 Å². The van der Waals surface area contributed by atoms with Crippen molar-refractivity contribution in [2.45, 2.75) is 0 Å². The molecule has 1 amide bonds. The Labute approximate surface area is 159 Å². The van der Waals surface area contributed by atoms with Crippen molar-refractivity contribution >= 4 is 35.0 Å². The van der Waals surface area contributed by atoms with E-state index in [1.165, 1.54) is 26.4 Å². The topological polar surface area (TPSA) is 114 Å². The zero-order valence-corrected chi connectivity index (χ0v) is 15.1. The van der Waals surface area contributed by atoms with E-state index < -0.39 is 10.8 Å². The summed E-state index contributed by atoms with van der Waals surface area (Å²) in [5, 5.41) is 23.6. The Kier molecular flexibility index (Phi) is 6.36. The van der Waals surface area contributed by atoms with Crippen molar-refractivity contribution in [1.29, 1.82) is 5.26 Å². The molecule has 0 aliphatic heterocycles. The van der Waals surface area contributed by atoms with Gasteiger partial charge in [0.1, 0.15) is 11.6 Å². The molecule has 0 saturated carbocycles. The second-order valence-corrected chi connectivity index (χ2v) is 5.59. The second-order valence-electron chi connectivity index (χ2n) is 5.16. The molecule has 1 N–H and O–H groups in total. The number of ether oxygens (including phenoxy) is 2. The third kappa shape index (κ3) is 4.74. The first-order valence-electron chi connectivity index (χ1n) is 7.48. The average Bonchev–Trinajstić information content (AvgIpc) is 2.65. The van der Waals surface area contributed by atoms with E-state index >= 15 is 0 Å². The number of rotatable bonds is 6. The van der Waals surface area contributed by atoms with E-state index in [-0.39, 0.29) is 28.3 Å². The minimum Gasteiger partial charge on any atom is -0.493 e. The molecule has 2 aromatic rings. The van der Waals surface area contributed by atoms with Gasteiger partial charge in [0.15, 0.2) is 11.5 Å². The van der Waals surface area contributed by atoms with Gasteiger partial charge in [0, 0.05) is 10.7 Å². The Hall–Kier alpha value is -3.57.